The summed E-state index contributed by atoms with van der Waals surface area (Å²) in [6, 6.07) is 16.8. The summed E-state index contributed by atoms with van der Waals surface area (Å²) in [6.45, 7) is 0. The second-order valence-corrected chi connectivity index (χ2v) is 4.47. The van der Waals surface area contributed by atoms with Crippen LogP contribution in [0.2, 0.25) is 5.02 Å². The van der Waals surface area contributed by atoms with Gasteiger partial charge in [-0.15, -0.1) is 0 Å². The highest BCUT2D eigenvalue weighted by atomic mass is 35.5. The zero-order valence-electron chi connectivity index (χ0n) is 10.7. The molecule has 0 atom stereocenters. The minimum atomic E-state index is -0.285. The second kappa shape index (κ2) is 7.26. The van der Waals surface area contributed by atoms with Gasteiger partial charge in [0.15, 0.2) is 0 Å². The SMILES string of the molecule is O=C(/C=C/c1ccccc1)N/N=C/c1cccc(Cl)c1. The largest absolute Gasteiger partial charge is 0.268 e. The molecule has 1 amide bonds. The van der Waals surface area contributed by atoms with E-state index in [1.54, 1.807) is 24.4 Å². The first kappa shape index (κ1) is 14.0. The van der Waals surface area contributed by atoms with Crippen molar-refractivity contribution in [3.05, 3.63) is 76.8 Å². The van der Waals surface area contributed by atoms with Gasteiger partial charge in [-0.2, -0.15) is 5.10 Å². The topological polar surface area (TPSA) is 41.5 Å². The van der Waals surface area contributed by atoms with Crippen LogP contribution < -0.4 is 5.43 Å². The lowest BCUT2D eigenvalue weighted by Crippen LogP contribution is -2.14. The molecule has 1 N–H and O–H groups in total. The zero-order valence-corrected chi connectivity index (χ0v) is 11.4. The molecule has 2 aromatic rings. The fourth-order valence-electron chi connectivity index (χ4n) is 1.53. The van der Waals surface area contributed by atoms with Crippen molar-refractivity contribution in [2.45, 2.75) is 0 Å². The molecule has 0 aromatic heterocycles. The molecular formula is C16H13ClN2O. The van der Waals surface area contributed by atoms with Crippen LogP contribution in [0.3, 0.4) is 0 Å². The third-order valence-electron chi connectivity index (χ3n) is 2.46. The van der Waals surface area contributed by atoms with Crippen LogP contribution >= 0.6 is 11.6 Å². The molecule has 2 aromatic carbocycles. The Morgan fingerprint density at radius 2 is 1.80 bits per heavy atom. The zero-order chi connectivity index (χ0) is 14.2. The number of hydrogen-bond donors (Lipinski definition) is 1. The number of nitrogens with zero attached hydrogens (tertiary/aromatic N) is 1. The lowest BCUT2D eigenvalue weighted by molar-refractivity contribution is -0.116. The average Bonchev–Trinajstić information content (AvgIpc) is 2.46. The van der Waals surface area contributed by atoms with Crippen LogP contribution in [0.25, 0.3) is 6.08 Å². The number of amides is 1. The first-order valence-electron chi connectivity index (χ1n) is 6.06. The van der Waals surface area contributed by atoms with Crippen molar-refractivity contribution in [1.29, 1.82) is 0 Å². The fourth-order valence-corrected chi connectivity index (χ4v) is 1.73. The van der Waals surface area contributed by atoms with E-state index in [4.69, 9.17) is 11.6 Å². The highest BCUT2D eigenvalue weighted by Gasteiger charge is 1.93. The highest BCUT2D eigenvalue weighted by Crippen LogP contribution is 2.08. The molecular weight excluding hydrogens is 272 g/mol. The Balaban J connectivity index is 1.88. The molecule has 100 valence electrons. The van der Waals surface area contributed by atoms with Crippen molar-refractivity contribution >= 4 is 29.8 Å². The van der Waals surface area contributed by atoms with Gasteiger partial charge in [0.05, 0.1) is 6.21 Å². The first-order chi connectivity index (χ1) is 9.74. The summed E-state index contributed by atoms with van der Waals surface area (Å²) in [5.41, 5.74) is 4.21. The minimum absolute atomic E-state index is 0.285. The van der Waals surface area contributed by atoms with Crippen molar-refractivity contribution in [3.63, 3.8) is 0 Å². The van der Waals surface area contributed by atoms with Crippen molar-refractivity contribution in [1.82, 2.24) is 5.43 Å². The Bertz CT molecular complexity index is 636. The van der Waals surface area contributed by atoms with Gasteiger partial charge in [-0.3, -0.25) is 4.79 Å². The molecule has 0 bridgehead atoms. The summed E-state index contributed by atoms with van der Waals surface area (Å²) >= 11 is 5.84. The molecule has 0 aliphatic carbocycles. The minimum Gasteiger partial charge on any atom is -0.268 e. The Morgan fingerprint density at radius 1 is 1.05 bits per heavy atom. The van der Waals surface area contributed by atoms with Gasteiger partial charge >= 0.3 is 0 Å². The van der Waals surface area contributed by atoms with E-state index in [-0.39, 0.29) is 5.91 Å². The molecule has 0 saturated carbocycles. The van der Waals surface area contributed by atoms with E-state index in [1.807, 2.05) is 42.5 Å². The predicted octanol–water partition coefficient (Wildman–Crippen LogP) is 3.50. The van der Waals surface area contributed by atoms with E-state index >= 15 is 0 Å². The molecule has 0 saturated heterocycles. The summed E-state index contributed by atoms with van der Waals surface area (Å²) in [5, 5.41) is 4.49. The Labute approximate surface area is 122 Å². The maximum atomic E-state index is 11.5. The molecule has 2 rings (SSSR count). The third-order valence-corrected chi connectivity index (χ3v) is 2.70. The van der Waals surface area contributed by atoms with E-state index in [0.29, 0.717) is 5.02 Å². The fraction of sp³-hybridized carbons (Fsp3) is 0. The Hall–Kier alpha value is -2.39. The normalized spacial score (nSPS) is 11.1. The van der Waals surface area contributed by atoms with Gasteiger partial charge in [0.1, 0.15) is 0 Å². The van der Waals surface area contributed by atoms with Crippen molar-refractivity contribution < 1.29 is 4.79 Å². The van der Waals surface area contributed by atoms with Crippen LogP contribution in [0.15, 0.2) is 65.8 Å². The quantitative estimate of drug-likeness (QED) is 0.521. The molecule has 20 heavy (non-hydrogen) atoms. The van der Waals surface area contributed by atoms with Crippen LogP contribution in [0.4, 0.5) is 0 Å². The molecule has 0 radical (unpaired) electrons. The van der Waals surface area contributed by atoms with Crippen molar-refractivity contribution in [3.8, 4) is 0 Å². The summed E-state index contributed by atoms with van der Waals surface area (Å²) in [6.07, 6.45) is 4.70. The number of benzene rings is 2. The van der Waals surface area contributed by atoms with Crippen LogP contribution in [-0.2, 0) is 4.79 Å². The molecule has 0 spiro atoms. The second-order valence-electron chi connectivity index (χ2n) is 4.03. The van der Waals surface area contributed by atoms with Gasteiger partial charge in [0.25, 0.3) is 5.91 Å². The van der Waals surface area contributed by atoms with E-state index in [2.05, 4.69) is 10.5 Å². The number of nitrogens with one attached hydrogen (secondary N) is 1. The van der Waals surface area contributed by atoms with Gasteiger partial charge in [-0.25, -0.2) is 5.43 Å². The monoisotopic (exact) mass is 284 g/mol. The summed E-state index contributed by atoms with van der Waals surface area (Å²) in [5.74, 6) is -0.285. The van der Waals surface area contributed by atoms with Crippen molar-refractivity contribution in [2.24, 2.45) is 5.10 Å². The van der Waals surface area contributed by atoms with E-state index < -0.39 is 0 Å². The molecule has 0 aliphatic heterocycles. The molecule has 0 aliphatic rings. The van der Waals surface area contributed by atoms with E-state index in [1.165, 1.54) is 6.08 Å². The maximum absolute atomic E-state index is 11.5. The summed E-state index contributed by atoms with van der Waals surface area (Å²) < 4.78 is 0. The number of halogens is 1. The maximum Gasteiger partial charge on any atom is 0.264 e. The van der Waals surface area contributed by atoms with Crippen LogP contribution in [0.5, 0.6) is 0 Å². The number of carbonyl (C=O) groups is 1. The van der Waals surface area contributed by atoms with Gasteiger partial charge in [-0.1, -0.05) is 54.1 Å². The van der Waals surface area contributed by atoms with Crippen molar-refractivity contribution in [2.75, 3.05) is 0 Å². The third kappa shape index (κ3) is 4.71. The predicted molar refractivity (Wildman–Crippen MR) is 82.7 cm³/mol. The van der Waals surface area contributed by atoms with Gasteiger partial charge < -0.3 is 0 Å². The Morgan fingerprint density at radius 3 is 2.55 bits per heavy atom. The molecule has 0 heterocycles. The molecule has 0 fully saturated rings. The van der Waals surface area contributed by atoms with Gasteiger partial charge in [-0.05, 0) is 29.3 Å². The number of hydrazone groups is 1. The van der Waals surface area contributed by atoms with E-state index in [0.717, 1.165) is 11.1 Å². The number of hydrogen-bond acceptors (Lipinski definition) is 2. The number of rotatable bonds is 4. The lowest BCUT2D eigenvalue weighted by Gasteiger charge is -1.95. The van der Waals surface area contributed by atoms with E-state index in [9.17, 15) is 4.79 Å². The Kier molecular flexibility index (Phi) is 5.09. The molecule has 4 heteroatoms. The first-order valence-corrected chi connectivity index (χ1v) is 6.43. The number of carbonyl (C=O) groups excluding carboxylic acids is 1. The van der Waals surface area contributed by atoms with Gasteiger partial charge in [0.2, 0.25) is 0 Å². The van der Waals surface area contributed by atoms with Crippen LogP contribution in [0.1, 0.15) is 11.1 Å². The lowest BCUT2D eigenvalue weighted by atomic mass is 10.2. The average molecular weight is 285 g/mol. The highest BCUT2D eigenvalue weighted by molar-refractivity contribution is 6.30. The molecule has 0 unspecified atom stereocenters. The summed E-state index contributed by atoms with van der Waals surface area (Å²) in [7, 11) is 0. The standard InChI is InChI=1S/C16H13ClN2O/c17-15-8-4-7-14(11-15)12-18-19-16(20)10-9-13-5-2-1-3-6-13/h1-12H,(H,19,20)/b10-9+,18-12+. The van der Waals surface area contributed by atoms with Crippen LogP contribution in [0, 0.1) is 0 Å². The van der Waals surface area contributed by atoms with Crippen LogP contribution in [-0.4, -0.2) is 12.1 Å². The van der Waals surface area contributed by atoms with Gasteiger partial charge in [0, 0.05) is 11.1 Å². The summed E-state index contributed by atoms with van der Waals surface area (Å²) in [4.78, 5) is 11.5. The smallest absolute Gasteiger partial charge is 0.264 e. The molecule has 3 nitrogen and oxygen atoms in total.